The van der Waals surface area contributed by atoms with Crippen molar-refractivity contribution in [3.05, 3.63) is 11.5 Å². The first-order chi connectivity index (χ1) is 4.25. The summed E-state index contributed by atoms with van der Waals surface area (Å²) in [6.07, 6.45) is 0.651. The van der Waals surface area contributed by atoms with Crippen molar-refractivity contribution in [1.29, 1.82) is 0 Å². The van der Waals surface area contributed by atoms with Gasteiger partial charge >= 0.3 is 0 Å². The van der Waals surface area contributed by atoms with Crippen molar-refractivity contribution in [2.45, 2.75) is 6.92 Å². The summed E-state index contributed by atoms with van der Waals surface area (Å²) in [6, 6.07) is 0. The molecule has 0 fully saturated rings. The number of hydrogen-bond acceptors (Lipinski definition) is 3. The summed E-state index contributed by atoms with van der Waals surface area (Å²) >= 11 is 5.53. The van der Waals surface area contributed by atoms with Gasteiger partial charge in [0, 0.05) is 11.8 Å². The molecule has 1 aliphatic rings. The van der Waals surface area contributed by atoms with Crippen molar-refractivity contribution in [1.82, 2.24) is 4.42 Å². The molecule has 1 rings (SSSR count). The fraction of sp³-hybridized carbons (Fsp3) is 0.400. The minimum atomic E-state index is 0.265. The maximum Gasteiger partial charge on any atom is 0.186 e. The summed E-state index contributed by atoms with van der Waals surface area (Å²) in [5, 5.41) is 0. The third kappa shape index (κ3) is 1.00. The molecule has 1 heterocycles. The summed E-state index contributed by atoms with van der Waals surface area (Å²) in [4.78, 5) is 10.1. The highest BCUT2D eigenvalue weighted by Crippen LogP contribution is 2.19. The van der Waals surface area contributed by atoms with Crippen LogP contribution in [0.15, 0.2) is 11.5 Å². The van der Waals surface area contributed by atoms with E-state index in [0.29, 0.717) is 17.7 Å². The van der Waals surface area contributed by atoms with Crippen LogP contribution in [-0.4, -0.2) is 17.4 Å². The number of ether oxygens (including phenoxy) is 1. The van der Waals surface area contributed by atoms with E-state index in [4.69, 9.17) is 16.5 Å². The molecule has 0 aromatic rings. The highest BCUT2D eigenvalue weighted by molar-refractivity contribution is 6.14. The summed E-state index contributed by atoms with van der Waals surface area (Å²) < 4.78 is 6.18. The Morgan fingerprint density at radius 1 is 1.89 bits per heavy atom. The molecular formula is C5H6ClNO2. The lowest BCUT2D eigenvalue weighted by Crippen LogP contribution is -2.03. The highest BCUT2D eigenvalue weighted by atomic mass is 35.5. The molecule has 1 aliphatic heterocycles. The molecule has 0 aromatic carbocycles. The molecule has 0 saturated heterocycles. The molecule has 3 nitrogen and oxygen atoms in total. The average Bonchev–Trinajstić information content (AvgIpc) is 2.15. The number of allylic oxidation sites excluding steroid dienone is 2. The van der Waals surface area contributed by atoms with Gasteiger partial charge in [-0.1, -0.05) is 0 Å². The van der Waals surface area contributed by atoms with Gasteiger partial charge in [-0.3, -0.25) is 9.21 Å². The lowest BCUT2D eigenvalue weighted by molar-refractivity contribution is -0.107. The number of carbonyl (C=O) groups excluding carboxylic acids is 1. The van der Waals surface area contributed by atoms with Crippen molar-refractivity contribution in [2.75, 3.05) is 6.73 Å². The topological polar surface area (TPSA) is 29.5 Å². The first-order valence-corrected chi connectivity index (χ1v) is 2.81. The smallest absolute Gasteiger partial charge is 0.186 e. The molecule has 4 heteroatoms. The SMILES string of the molecule is CC1=C(C=O)OCN1Cl. The van der Waals surface area contributed by atoms with Gasteiger partial charge in [-0.15, -0.1) is 0 Å². The maximum atomic E-state index is 10.1. The molecule has 50 valence electrons. The van der Waals surface area contributed by atoms with Crippen LogP contribution in [-0.2, 0) is 9.53 Å². The van der Waals surface area contributed by atoms with Crippen LogP contribution in [0, 0.1) is 0 Å². The third-order valence-electron chi connectivity index (χ3n) is 1.16. The molecule has 0 atom stereocenters. The lowest BCUT2D eigenvalue weighted by atomic mass is 10.4. The Hall–Kier alpha value is -0.700. The van der Waals surface area contributed by atoms with Gasteiger partial charge in [0.15, 0.2) is 18.8 Å². The maximum absolute atomic E-state index is 10.1. The van der Waals surface area contributed by atoms with Crippen LogP contribution in [0.4, 0.5) is 0 Å². The second-order valence-electron chi connectivity index (χ2n) is 1.70. The number of carbonyl (C=O) groups is 1. The number of nitrogens with zero attached hydrogens (tertiary/aromatic N) is 1. The first-order valence-electron chi connectivity index (χ1n) is 2.48. The van der Waals surface area contributed by atoms with E-state index in [1.807, 2.05) is 0 Å². The van der Waals surface area contributed by atoms with Crippen molar-refractivity contribution in [3.63, 3.8) is 0 Å². The van der Waals surface area contributed by atoms with Crippen LogP contribution in [0.5, 0.6) is 0 Å². The van der Waals surface area contributed by atoms with E-state index >= 15 is 0 Å². The van der Waals surface area contributed by atoms with Crippen molar-refractivity contribution in [2.24, 2.45) is 0 Å². The van der Waals surface area contributed by atoms with Gasteiger partial charge < -0.3 is 4.74 Å². The molecule has 0 spiro atoms. The van der Waals surface area contributed by atoms with E-state index < -0.39 is 0 Å². The predicted molar refractivity (Wildman–Crippen MR) is 32.4 cm³/mol. The van der Waals surface area contributed by atoms with Crippen LogP contribution in [0.25, 0.3) is 0 Å². The molecule has 0 amide bonds. The van der Waals surface area contributed by atoms with Crippen LogP contribution in [0.2, 0.25) is 0 Å². The second-order valence-corrected chi connectivity index (χ2v) is 2.11. The van der Waals surface area contributed by atoms with Crippen molar-refractivity contribution in [3.8, 4) is 0 Å². The average molecular weight is 148 g/mol. The zero-order valence-corrected chi connectivity index (χ0v) is 5.68. The summed E-state index contributed by atoms with van der Waals surface area (Å²) in [5.74, 6) is 0.324. The molecule has 0 bridgehead atoms. The number of hydrogen-bond donors (Lipinski definition) is 0. The fourth-order valence-corrected chi connectivity index (χ4v) is 0.698. The standard InChI is InChI=1S/C5H6ClNO2/c1-4-5(2-8)9-3-7(4)6/h2H,3H2,1H3. The molecule has 9 heavy (non-hydrogen) atoms. The van der Waals surface area contributed by atoms with Crippen LogP contribution in [0.1, 0.15) is 6.92 Å². The summed E-state index contributed by atoms with van der Waals surface area (Å²) in [7, 11) is 0. The Labute approximate surface area is 58.0 Å². The van der Waals surface area contributed by atoms with E-state index in [-0.39, 0.29) is 6.73 Å². The van der Waals surface area contributed by atoms with Crippen molar-refractivity contribution >= 4 is 18.1 Å². The molecule has 0 radical (unpaired) electrons. The van der Waals surface area contributed by atoms with Gasteiger partial charge in [0.05, 0.1) is 5.70 Å². The Morgan fingerprint density at radius 3 is 2.78 bits per heavy atom. The molecule has 0 unspecified atom stereocenters. The summed E-state index contributed by atoms with van der Waals surface area (Å²) in [6.45, 7) is 1.99. The van der Waals surface area contributed by atoms with Gasteiger partial charge in [-0.25, -0.2) is 0 Å². The molecule has 0 aromatic heterocycles. The van der Waals surface area contributed by atoms with E-state index in [2.05, 4.69) is 0 Å². The normalized spacial score (nSPS) is 18.2. The molecule has 0 aliphatic carbocycles. The fourth-order valence-electron chi connectivity index (χ4n) is 0.566. The number of rotatable bonds is 1. The van der Waals surface area contributed by atoms with Crippen LogP contribution >= 0.6 is 11.8 Å². The predicted octanol–water partition coefficient (Wildman–Crippen LogP) is 0.860. The zero-order valence-electron chi connectivity index (χ0n) is 4.93. The Bertz CT molecular complexity index is 166. The third-order valence-corrected chi connectivity index (χ3v) is 1.51. The van der Waals surface area contributed by atoms with E-state index in [1.54, 1.807) is 6.92 Å². The first kappa shape index (κ1) is 6.42. The van der Waals surface area contributed by atoms with Gasteiger partial charge in [0.25, 0.3) is 0 Å². The second kappa shape index (κ2) is 2.27. The monoisotopic (exact) mass is 147 g/mol. The Balaban J connectivity index is 2.79. The lowest BCUT2D eigenvalue weighted by Gasteiger charge is -2.02. The van der Waals surface area contributed by atoms with Crippen LogP contribution < -0.4 is 0 Å². The summed E-state index contributed by atoms with van der Waals surface area (Å²) in [5.41, 5.74) is 0.673. The highest BCUT2D eigenvalue weighted by Gasteiger charge is 2.17. The molecule has 0 N–H and O–H groups in total. The van der Waals surface area contributed by atoms with E-state index in [0.717, 1.165) is 0 Å². The zero-order chi connectivity index (χ0) is 6.85. The van der Waals surface area contributed by atoms with Gasteiger partial charge in [0.2, 0.25) is 0 Å². The minimum Gasteiger partial charge on any atom is -0.467 e. The Kier molecular flexibility index (Phi) is 1.62. The largest absolute Gasteiger partial charge is 0.467 e. The van der Waals surface area contributed by atoms with Crippen molar-refractivity contribution < 1.29 is 9.53 Å². The van der Waals surface area contributed by atoms with Gasteiger partial charge in [0.1, 0.15) is 0 Å². The minimum absolute atomic E-state index is 0.265. The van der Waals surface area contributed by atoms with Gasteiger partial charge in [-0.2, -0.15) is 0 Å². The van der Waals surface area contributed by atoms with E-state index in [1.165, 1.54) is 4.42 Å². The quantitative estimate of drug-likeness (QED) is 0.407. The molecular weight excluding hydrogens is 142 g/mol. The Morgan fingerprint density at radius 2 is 2.56 bits per heavy atom. The number of aldehydes is 1. The van der Waals surface area contributed by atoms with E-state index in [9.17, 15) is 4.79 Å². The van der Waals surface area contributed by atoms with Crippen LogP contribution in [0.3, 0.4) is 0 Å². The number of halogens is 1. The molecule has 0 saturated carbocycles. The van der Waals surface area contributed by atoms with Gasteiger partial charge in [-0.05, 0) is 6.92 Å².